The van der Waals surface area contributed by atoms with Gasteiger partial charge in [0.25, 0.3) is 0 Å². The zero-order valence-corrected chi connectivity index (χ0v) is 10.8. The maximum absolute atomic E-state index is 3.67. The van der Waals surface area contributed by atoms with E-state index in [2.05, 4.69) is 31.2 Å². The van der Waals surface area contributed by atoms with Crippen molar-refractivity contribution in [3.63, 3.8) is 0 Å². The third kappa shape index (κ3) is 5.53. The molecule has 15 heavy (non-hydrogen) atoms. The molecule has 0 atom stereocenters. The van der Waals surface area contributed by atoms with Gasteiger partial charge in [0.2, 0.25) is 0 Å². The molecule has 0 heterocycles. The lowest BCUT2D eigenvalue weighted by Crippen LogP contribution is -2.37. The molecule has 0 saturated heterocycles. The highest BCUT2D eigenvalue weighted by Crippen LogP contribution is 2.27. The van der Waals surface area contributed by atoms with Crippen molar-refractivity contribution in [3.8, 4) is 0 Å². The molecule has 1 aliphatic carbocycles. The van der Waals surface area contributed by atoms with Gasteiger partial charge < -0.3 is 10.2 Å². The summed E-state index contributed by atoms with van der Waals surface area (Å²) in [5.74, 6) is 1.03. The Labute approximate surface area is 95.4 Å². The largest absolute Gasteiger partial charge is 0.313 e. The fourth-order valence-electron chi connectivity index (χ4n) is 2.56. The van der Waals surface area contributed by atoms with E-state index >= 15 is 0 Å². The Morgan fingerprint density at radius 2 is 1.80 bits per heavy atom. The van der Waals surface area contributed by atoms with Crippen LogP contribution in [-0.4, -0.2) is 38.1 Å². The molecule has 1 saturated carbocycles. The number of rotatable bonds is 6. The van der Waals surface area contributed by atoms with Crippen LogP contribution in [0.4, 0.5) is 0 Å². The maximum Gasteiger partial charge on any atom is 0.0101 e. The summed E-state index contributed by atoms with van der Waals surface area (Å²) in [5, 5.41) is 3.67. The maximum atomic E-state index is 3.67. The van der Waals surface area contributed by atoms with E-state index in [1.807, 2.05) is 0 Å². The summed E-state index contributed by atoms with van der Waals surface area (Å²) in [7, 11) is 4.28. The van der Waals surface area contributed by atoms with Gasteiger partial charge in [0, 0.05) is 19.1 Å². The number of hydrogen-bond donors (Lipinski definition) is 1. The molecular weight excluding hydrogens is 184 g/mol. The van der Waals surface area contributed by atoms with Gasteiger partial charge in [-0.05, 0) is 45.7 Å². The van der Waals surface area contributed by atoms with Crippen LogP contribution in [0.25, 0.3) is 0 Å². The van der Waals surface area contributed by atoms with Gasteiger partial charge in [-0.15, -0.1) is 0 Å². The van der Waals surface area contributed by atoms with Crippen LogP contribution >= 0.6 is 0 Å². The van der Waals surface area contributed by atoms with E-state index in [4.69, 9.17) is 0 Å². The lowest BCUT2D eigenvalue weighted by molar-refractivity contribution is 0.271. The highest BCUT2D eigenvalue weighted by molar-refractivity contribution is 4.77. The Morgan fingerprint density at radius 3 is 2.33 bits per heavy atom. The van der Waals surface area contributed by atoms with Gasteiger partial charge in [-0.25, -0.2) is 0 Å². The van der Waals surface area contributed by atoms with Crippen molar-refractivity contribution in [1.29, 1.82) is 0 Å². The second kappa shape index (κ2) is 7.24. The molecule has 0 aliphatic heterocycles. The van der Waals surface area contributed by atoms with E-state index in [1.54, 1.807) is 0 Å². The highest BCUT2D eigenvalue weighted by Gasteiger charge is 2.19. The number of nitrogens with zero attached hydrogens (tertiary/aromatic N) is 1. The molecular formula is C13H28N2. The smallest absolute Gasteiger partial charge is 0.0101 e. The Kier molecular flexibility index (Phi) is 6.26. The molecule has 0 bridgehead atoms. The van der Waals surface area contributed by atoms with E-state index in [1.165, 1.54) is 38.5 Å². The Morgan fingerprint density at radius 1 is 1.13 bits per heavy atom. The van der Waals surface area contributed by atoms with Gasteiger partial charge in [-0.3, -0.25) is 0 Å². The molecule has 0 spiro atoms. The van der Waals surface area contributed by atoms with Crippen molar-refractivity contribution in [2.75, 3.05) is 27.2 Å². The Balaban J connectivity index is 2.04. The van der Waals surface area contributed by atoms with Gasteiger partial charge in [-0.2, -0.15) is 0 Å². The molecule has 1 fully saturated rings. The monoisotopic (exact) mass is 212 g/mol. The predicted octanol–water partition coefficient (Wildman–Crippen LogP) is 2.50. The first-order valence-electron chi connectivity index (χ1n) is 6.60. The van der Waals surface area contributed by atoms with Crippen LogP contribution in [0, 0.1) is 5.92 Å². The SMILES string of the molecule is CCCC1CCC(NCCN(C)C)CC1. The molecule has 2 heteroatoms. The summed E-state index contributed by atoms with van der Waals surface area (Å²) >= 11 is 0. The molecule has 2 nitrogen and oxygen atoms in total. The van der Waals surface area contributed by atoms with Crippen LogP contribution in [0.3, 0.4) is 0 Å². The van der Waals surface area contributed by atoms with Gasteiger partial charge in [0.1, 0.15) is 0 Å². The number of nitrogens with one attached hydrogen (secondary N) is 1. The fourth-order valence-corrected chi connectivity index (χ4v) is 2.56. The normalized spacial score (nSPS) is 27.2. The first-order chi connectivity index (χ1) is 7.22. The van der Waals surface area contributed by atoms with Crippen LogP contribution < -0.4 is 5.32 Å². The Hall–Kier alpha value is -0.0800. The van der Waals surface area contributed by atoms with Crippen molar-refractivity contribution in [1.82, 2.24) is 10.2 Å². The van der Waals surface area contributed by atoms with Crippen LogP contribution in [-0.2, 0) is 0 Å². The third-order valence-corrected chi connectivity index (χ3v) is 3.54. The van der Waals surface area contributed by atoms with E-state index in [0.29, 0.717) is 0 Å². The predicted molar refractivity (Wildman–Crippen MR) is 67.2 cm³/mol. The lowest BCUT2D eigenvalue weighted by Gasteiger charge is -2.29. The molecule has 0 radical (unpaired) electrons. The van der Waals surface area contributed by atoms with Gasteiger partial charge in [0.05, 0.1) is 0 Å². The zero-order chi connectivity index (χ0) is 11.1. The molecule has 1 rings (SSSR count). The van der Waals surface area contributed by atoms with E-state index in [9.17, 15) is 0 Å². The Bertz CT molecular complexity index is 149. The van der Waals surface area contributed by atoms with E-state index in [0.717, 1.165) is 25.0 Å². The lowest BCUT2D eigenvalue weighted by atomic mass is 9.83. The fraction of sp³-hybridized carbons (Fsp3) is 1.00. The summed E-state index contributed by atoms with van der Waals surface area (Å²) in [6.07, 6.45) is 8.52. The topological polar surface area (TPSA) is 15.3 Å². The summed E-state index contributed by atoms with van der Waals surface area (Å²) in [6.45, 7) is 4.62. The average Bonchev–Trinajstić information content (AvgIpc) is 2.20. The molecule has 0 aromatic rings. The first kappa shape index (κ1) is 13.0. The number of likely N-dealkylation sites (N-methyl/N-ethyl adjacent to an activating group) is 1. The quantitative estimate of drug-likeness (QED) is 0.728. The second-order valence-corrected chi connectivity index (χ2v) is 5.26. The van der Waals surface area contributed by atoms with E-state index in [-0.39, 0.29) is 0 Å². The third-order valence-electron chi connectivity index (χ3n) is 3.54. The zero-order valence-electron chi connectivity index (χ0n) is 10.8. The van der Waals surface area contributed by atoms with Gasteiger partial charge in [0.15, 0.2) is 0 Å². The standard InChI is InChI=1S/C13H28N2/c1-4-5-12-6-8-13(9-7-12)14-10-11-15(2)3/h12-14H,4-11H2,1-3H3. The second-order valence-electron chi connectivity index (χ2n) is 5.26. The van der Waals surface area contributed by atoms with E-state index < -0.39 is 0 Å². The minimum atomic E-state index is 0.804. The molecule has 90 valence electrons. The first-order valence-corrected chi connectivity index (χ1v) is 6.60. The molecule has 0 unspecified atom stereocenters. The van der Waals surface area contributed by atoms with Gasteiger partial charge in [-0.1, -0.05) is 19.8 Å². The molecule has 0 aromatic heterocycles. The van der Waals surface area contributed by atoms with Gasteiger partial charge >= 0.3 is 0 Å². The van der Waals surface area contributed by atoms with Crippen molar-refractivity contribution in [2.24, 2.45) is 5.92 Å². The van der Waals surface area contributed by atoms with Crippen molar-refractivity contribution in [3.05, 3.63) is 0 Å². The van der Waals surface area contributed by atoms with Crippen LogP contribution in [0.2, 0.25) is 0 Å². The minimum absolute atomic E-state index is 0.804. The molecule has 0 aromatic carbocycles. The average molecular weight is 212 g/mol. The minimum Gasteiger partial charge on any atom is -0.313 e. The van der Waals surface area contributed by atoms with Crippen molar-refractivity contribution in [2.45, 2.75) is 51.5 Å². The number of hydrogen-bond acceptors (Lipinski definition) is 2. The summed E-state index contributed by atoms with van der Waals surface area (Å²) < 4.78 is 0. The summed E-state index contributed by atoms with van der Waals surface area (Å²) in [5.41, 5.74) is 0. The van der Waals surface area contributed by atoms with Crippen LogP contribution in [0.5, 0.6) is 0 Å². The van der Waals surface area contributed by atoms with Crippen LogP contribution in [0.1, 0.15) is 45.4 Å². The molecule has 1 aliphatic rings. The highest BCUT2D eigenvalue weighted by atomic mass is 15.1. The summed E-state index contributed by atoms with van der Waals surface area (Å²) in [6, 6.07) is 0.804. The van der Waals surface area contributed by atoms with Crippen molar-refractivity contribution < 1.29 is 0 Å². The molecule has 1 N–H and O–H groups in total. The van der Waals surface area contributed by atoms with Crippen LogP contribution in [0.15, 0.2) is 0 Å². The van der Waals surface area contributed by atoms with Crippen molar-refractivity contribution >= 4 is 0 Å². The molecule has 0 amide bonds. The summed E-state index contributed by atoms with van der Waals surface area (Å²) in [4.78, 5) is 2.25.